The first-order valence-electron chi connectivity index (χ1n) is 5.89. The van der Waals surface area contributed by atoms with E-state index < -0.39 is 20.5 Å². The summed E-state index contributed by atoms with van der Waals surface area (Å²) in [5.41, 5.74) is 0.166. The minimum Gasteiger partial charge on any atom is -0.469 e. The second kappa shape index (κ2) is 6.04. The maximum Gasteiger partial charge on any atom is 0.341 e. The van der Waals surface area contributed by atoms with Crippen LogP contribution in [-0.4, -0.2) is 20.7 Å². The molecule has 1 heterocycles. The molecule has 0 radical (unpaired) electrons. The third-order valence-corrected chi connectivity index (χ3v) is 4.13. The topological polar surface area (TPSA) is 59.3 Å². The molecule has 0 bridgehead atoms. The fraction of sp³-hybridized carbons (Fsp3) is 0.231. The van der Waals surface area contributed by atoms with Gasteiger partial charge in [0.2, 0.25) is 9.84 Å². The van der Waals surface area contributed by atoms with Crippen LogP contribution in [0.2, 0.25) is 0 Å². The summed E-state index contributed by atoms with van der Waals surface area (Å²) in [6, 6.07) is 9.13. The molecule has 0 saturated carbocycles. The van der Waals surface area contributed by atoms with Crippen molar-refractivity contribution in [1.82, 2.24) is 0 Å². The number of furan rings is 1. The van der Waals surface area contributed by atoms with Crippen LogP contribution in [0, 0.1) is 0 Å². The van der Waals surface area contributed by atoms with E-state index in [9.17, 15) is 17.2 Å². The normalized spacial score (nSPS) is 11.8. The molecule has 0 aliphatic carbocycles. The summed E-state index contributed by atoms with van der Waals surface area (Å²) >= 11 is 0. The number of rotatable bonds is 6. The average molecular weight is 301 g/mol. The van der Waals surface area contributed by atoms with Crippen molar-refractivity contribution in [3.05, 3.63) is 48.4 Å². The first-order valence-corrected chi connectivity index (χ1v) is 7.44. The minimum absolute atomic E-state index is 0.166. The van der Waals surface area contributed by atoms with Gasteiger partial charge in [-0.2, -0.15) is 8.78 Å². The number of alkyl halides is 2. The zero-order chi connectivity index (χ0) is 14.6. The molecule has 2 rings (SSSR count). The Morgan fingerprint density at radius 3 is 2.55 bits per heavy atom. The van der Waals surface area contributed by atoms with Gasteiger partial charge in [0.25, 0.3) is 0 Å². The van der Waals surface area contributed by atoms with Crippen molar-refractivity contribution in [2.45, 2.75) is 17.1 Å². The predicted molar refractivity (Wildman–Crippen MR) is 70.5 cm³/mol. The second-order valence-electron chi connectivity index (χ2n) is 4.06. The molecule has 2 aromatic rings. The summed E-state index contributed by atoms with van der Waals surface area (Å²) in [6.45, 7) is 0.378. The van der Waals surface area contributed by atoms with E-state index in [0.717, 1.165) is 11.8 Å². The Morgan fingerprint density at radius 1 is 1.15 bits per heavy atom. The van der Waals surface area contributed by atoms with Gasteiger partial charge in [-0.05, 0) is 24.3 Å². The maximum absolute atomic E-state index is 12.6. The molecule has 1 N–H and O–H groups in total. The van der Waals surface area contributed by atoms with Gasteiger partial charge in [0.05, 0.1) is 16.8 Å². The Kier molecular flexibility index (Phi) is 4.39. The fourth-order valence-electron chi connectivity index (χ4n) is 1.73. The lowest BCUT2D eigenvalue weighted by Crippen LogP contribution is -2.15. The van der Waals surface area contributed by atoms with E-state index in [1.54, 1.807) is 18.2 Å². The first kappa shape index (κ1) is 14.5. The molecule has 1 aromatic carbocycles. The van der Waals surface area contributed by atoms with Gasteiger partial charge in [0.1, 0.15) is 5.76 Å². The van der Waals surface area contributed by atoms with Crippen LogP contribution < -0.4 is 5.32 Å². The number of sulfone groups is 1. The monoisotopic (exact) mass is 301 g/mol. The molecule has 0 aliphatic rings. The molecule has 108 valence electrons. The van der Waals surface area contributed by atoms with E-state index in [1.165, 1.54) is 18.4 Å². The standard InChI is InChI=1S/C13H13F2NO3S/c14-13(15)20(17,18)12-6-2-1-5-11(12)16-8-7-10-4-3-9-19-10/h1-6,9,13,16H,7-8H2. The van der Waals surface area contributed by atoms with Gasteiger partial charge < -0.3 is 9.73 Å². The van der Waals surface area contributed by atoms with Gasteiger partial charge in [-0.15, -0.1) is 0 Å². The van der Waals surface area contributed by atoms with Gasteiger partial charge in [0, 0.05) is 13.0 Å². The average Bonchev–Trinajstić information content (AvgIpc) is 2.92. The van der Waals surface area contributed by atoms with E-state index in [4.69, 9.17) is 4.42 Å². The molecule has 1 aromatic heterocycles. The highest BCUT2D eigenvalue weighted by Gasteiger charge is 2.28. The van der Waals surface area contributed by atoms with E-state index in [-0.39, 0.29) is 5.69 Å². The number of nitrogens with one attached hydrogen (secondary N) is 1. The smallest absolute Gasteiger partial charge is 0.341 e. The Labute approximate surface area is 115 Å². The number of hydrogen-bond acceptors (Lipinski definition) is 4. The third kappa shape index (κ3) is 3.16. The molecule has 0 saturated heterocycles. The van der Waals surface area contributed by atoms with Gasteiger partial charge in [-0.25, -0.2) is 8.42 Å². The zero-order valence-electron chi connectivity index (χ0n) is 10.4. The van der Waals surface area contributed by atoms with Crippen molar-refractivity contribution < 1.29 is 21.6 Å². The predicted octanol–water partition coefficient (Wildman–Crippen LogP) is 2.93. The van der Waals surface area contributed by atoms with Crippen LogP contribution >= 0.6 is 0 Å². The van der Waals surface area contributed by atoms with Crippen molar-refractivity contribution in [1.29, 1.82) is 0 Å². The number of halogens is 2. The lowest BCUT2D eigenvalue weighted by Gasteiger charge is -2.11. The highest BCUT2D eigenvalue weighted by Crippen LogP contribution is 2.25. The van der Waals surface area contributed by atoms with E-state index in [0.29, 0.717) is 13.0 Å². The molecular weight excluding hydrogens is 288 g/mol. The Balaban J connectivity index is 2.12. The fourth-order valence-corrected chi connectivity index (χ4v) is 2.64. The van der Waals surface area contributed by atoms with Crippen molar-refractivity contribution >= 4 is 15.5 Å². The van der Waals surface area contributed by atoms with Gasteiger partial charge in [-0.1, -0.05) is 12.1 Å². The van der Waals surface area contributed by atoms with E-state index >= 15 is 0 Å². The molecular formula is C13H13F2NO3S. The van der Waals surface area contributed by atoms with Gasteiger partial charge >= 0.3 is 5.76 Å². The van der Waals surface area contributed by atoms with Gasteiger partial charge in [-0.3, -0.25) is 0 Å². The first-order chi connectivity index (χ1) is 9.51. The Hall–Kier alpha value is -1.89. The summed E-state index contributed by atoms with van der Waals surface area (Å²) in [7, 11) is -4.61. The zero-order valence-corrected chi connectivity index (χ0v) is 11.2. The number of anilines is 1. The number of benzene rings is 1. The van der Waals surface area contributed by atoms with Crippen LogP contribution in [0.25, 0.3) is 0 Å². The van der Waals surface area contributed by atoms with Crippen molar-refractivity contribution in [3.63, 3.8) is 0 Å². The van der Waals surface area contributed by atoms with Crippen LogP contribution in [0.15, 0.2) is 52.0 Å². The second-order valence-corrected chi connectivity index (χ2v) is 5.94. The Bertz CT molecular complexity index is 654. The molecule has 7 heteroatoms. The molecule has 0 fully saturated rings. The molecule has 20 heavy (non-hydrogen) atoms. The lowest BCUT2D eigenvalue weighted by atomic mass is 10.3. The minimum atomic E-state index is -4.61. The summed E-state index contributed by atoms with van der Waals surface area (Å²) in [4.78, 5) is -0.394. The van der Waals surface area contributed by atoms with E-state index in [2.05, 4.69) is 5.32 Å². The summed E-state index contributed by atoms with van der Waals surface area (Å²) in [5, 5.41) is 2.84. The quantitative estimate of drug-likeness (QED) is 0.891. The van der Waals surface area contributed by atoms with Crippen LogP contribution in [0.3, 0.4) is 0 Å². The van der Waals surface area contributed by atoms with Crippen LogP contribution in [-0.2, 0) is 16.3 Å². The van der Waals surface area contributed by atoms with Crippen molar-refractivity contribution in [2.75, 3.05) is 11.9 Å². The molecule has 0 aliphatic heterocycles. The van der Waals surface area contributed by atoms with Crippen molar-refractivity contribution in [2.24, 2.45) is 0 Å². The largest absolute Gasteiger partial charge is 0.469 e. The molecule has 4 nitrogen and oxygen atoms in total. The summed E-state index contributed by atoms with van der Waals surface area (Å²) in [6.07, 6.45) is 2.06. The summed E-state index contributed by atoms with van der Waals surface area (Å²) < 4.78 is 53.4. The van der Waals surface area contributed by atoms with Crippen molar-refractivity contribution in [3.8, 4) is 0 Å². The third-order valence-electron chi connectivity index (χ3n) is 2.70. The van der Waals surface area contributed by atoms with Crippen LogP contribution in [0.5, 0.6) is 0 Å². The van der Waals surface area contributed by atoms with Gasteiger partial charge in [0.15, 0.2) is 0 Å². The lowest BCUT2D eigenvalue weighted by molar-refractivity contribution is 0.235. The highest BCUT2D eigenvalue weighted by atomic mass is 32.2. The highest BCUT2D eigenvalue weighted by molar-refractivity contribution is 7.91. The molecule has 0 spiro atoms. The SMILES string of the molecule is O=S(=O)(c1ccccc1NCCc1ccco1)C(F)F. The molecule has 0 amide bonds. The van der Waals surface area contributed by atoms with Crippen LogP contribution in [0.1, 0.15) is 5.76 Å². The number of hydrogen-bond donors (Lipinski definition) is 1. The summed E-state index contributed by atoms with van der Waals surface area (Å²) in [5.74, 6) is -2.71. The molecule has 0 unspecified atom stereocenters. The molecule has 0 atom stereocenters. The Morgan fingerprint density at radius 2 is 1.90 bits per heavy atom. The number of para-hydroxylation sites is 1. The maximum atomic E-state index is 12.6. The van der Waals surface area contributed by atoms with Crippen LogP contribution in [0.4, 0.5) is 14.5 Å². The van der Waals surface area contributed by atoms with E-state index in [1.807, 2.05) is 0 Å².